The highest BCUT2D eigenvalue weighted by molar-refractivity contribution is 6.04. The highest BCUT2D eigenvalue weighted by Crippen LogP contribution is 2.39. The molecule has 90 valence electrons. The van der Waals surface area contributed by atoms with Crippen LogP contribution in [0.2, 0.25) is 0 Å². The van der Waals surface area contributed by atoms with Crippen LogP contribution in [0.25, 0.3) is 0 Å². The lowest BCUT2D eigenvalue weighted by Crippen LogP contribution is -2.37. The molecule has 0 spiro atoms. The molecule has 0 aromatic heterocycles. The number of ether oxygens (including phenoxy) is 1. The van der Waals surface area contributed by atoms with E-state index in [0.29, 0.717) is 25.7 Å². The molecule has 1 aliphatic rings. The van der Waals surface area contributed by atoms with Gasteiger partial charge < -0.3 is 4.74 Å². The normalized spacial score (nSPS) is 25.6. The van der Waals surface area contributed by atoms with Crippen LogP contribution in [0.3, 0.4) is 0 Å². The van der Waals surface area contributed by atoms with Crippen LogP contribution < -0.4 is 0 Å². The van der Waals surface area contributed by atoms with E-state index in [1.54, 1.807) is 0 Å². The van der Waals surface area contributed by atoms with E-state index in [4.69, 9.17) is 0 Å². The second kappa shape index (κ2) is 5.23. The Bertz CT molecular complexity index is 308. The zero-order valence-corrected chi connectivity index (χ0v) is 9.88. The van der Waals surface area contributed by atoms with Gasteiger partial charge in [-0.05, 0) is 19.3 Å². The largest absolute Gasteiger partial charge is 0.469 e. The Labute approximate surface area is 95.3 Å². The molecule has 0 aromatic rings. The second-order valence-electron chi connectivity index (χ2n) is 4.35. The fourth-order valence-corrected chi connectivity index (χ4v) is 2.23. The fourth-order valence-electron chi connectivity index (χ4n) is 2.23. The predicted octanol–water partition coefficient (Wildman–Crippen LogP) is 1.66. The van der Waals surface area contributed by atoms with Gasteiger partial charge in [0.15, 0.2) is 0 Å². The van der Waals surface area contributed by atoms with Gasteiger partial charge in [-0.15, -0.1) is 0 Å². The number of carbonyl (C=O) groups is 3. The molecule has 0 bridgehead atoms. The number of hydrogen-bond donors (Lipinski definition) is 0. The van der Waals surface area contributed by atoms with E-state index in [1.807, 2.05) is 6.92 Å². The lowest BCUT2D eigenvalue weighted by atomic mass is 9.68. The molecule has 0 aliphatic heterocycles. The van der Waals surface area contributed by atoms with Crippen molar-refractivity contribution in [3.63, 3.8) is 0 Å². The molecule has 0 N–H and O–H groups in total. The number of Topliss-reactive ketones (excluding diaryl/α,β-unsaturated/α-hetero) is 2. The second-order valence-corrected chi connectivity index (χ2v) is 4.35. The Hall–Kier alpha value is -1.19. The summed E-state index contributed by atoms with van der Waals surface area (Å²) in [6.07, 6.45) is 2.52. The van der Waals surface area contributed by atoms with Crippen LogP contribution in [0.5, 0.6) is 0 Å². The Morgan fingerprint density at radius 1 is 1.44 bits per heavy atom. The van der Waals surface area contributed by atoms with Gasteiger partial charge in [0.2, 0.25) is 0 Å². The van der Waals surface area contributed by atoms with Gasteiger partial charge in [0.25, 0.3) is 0 Å². The van der Waals surface area contributed by atoms with E-state index in [1.165, 1.54) is 7.11 Å². The summed E-state index contributed by atoms with van der Waals surface area (Å²) in [5, 5.41) is 0. The Balaban J connectivity index is 2.66. The summed E-state index contributed by atoms with van der Waals surface area (Å²) in [4.78, 5) is 34.1. The predicted molar refractivity (Wildman–Crippen MR) is 57.8 cm³/mol. The summed E-state index contributed by atoms with van der Waals surface area (Å²) >= 11 is 0. The average molecular weight is 226 g/mol. The van der Waals surface area contributed by atoms with Crippen LogP contribution in [0.15, 0.2) is 0 Å². The molecule has 1 saturated carbocycles. The zero-order valence-electron chi connectivity index (χ0n) is 9.88. The van der Waals surface area contributed by atoms with Gasteiger partial charge in [0.1, 0.15) is 11.6 Å². The molecule has 0 unspecified atom stereocenters. The molecular formula is C12H18O4. The lowest BCUT2D eigenvalue weighted by molar-refractivity contribution is -0.143. The number of hydrogen-bond acceptors (Lipinski definition) is 4. The van der Waals surface area contributed by atoms with Crippen molar-refractivity contribution in [1.29, 1.82) is 0 Å². The number of methoxy groups -OCH3 is 1. The number of rotatable bonds is 4. The summed E-state index contributed by atoms with van der Waals surface area (Å²) in [5.74, 6) is -0.278. The molecule has 4 heteroatoms. The average Bonchev–Trinajstić information content (AvgIpc) is 2.28. The minimum atomic E-state index is -0.470. The van der Waals surface area contributed by atoms with Gasteiger partial charge in [-0.1, -0.05) is 6.92 Å². The maximum Gasteiger partial charge on any atom is 0.305 e. The number of ketones is 2. The lowest BCUT2D eigenvalue weighted by Gasteiger charge is -2.34. The minimum absolute atomic E-state index is 0.00449. The molecule has 1 atom stereocenters. The van der Waals surface area contributed by atoms with Gasteiger partial charge in [-0.3, -0.25) is 14.4 Å². The summed E-state index contributed by atoms with van der Waals surface area (Å²) < 4.78 is 4.57. The third-order valence-electron chi connectivity index (χ3n) is 3.54. The van der Waals surface area contributed by atoms with Crippen molar-refractivity contribution in [3.8, 4) is 0 Å². The standard InChI is InChI=1S/C12H18O4/c1-3-12(7-5-11(15)16-2)6-4-9(13)8-10(12)14/h3-8H2,1-2H3/t12-/m0/s1. The first-order chi connectivity index (χ1) is 7.54. The first kappa shape index (κ1) is 12.9. The van der Waals surface area contributed by atoms with Gasteiger partial charge in [0.05, 0.1) is 13.5 Å². The minimum Gasteiger partial charge on any atom is -0.469 e. The molecule has 16 heavy (non-hydrogen) atoms. The topological polar surface area (TPSA) is 60.4 Å². The molecule has 0 aromatic carbocycles. The smallest absolute Gasteiger partial charge is 0.305 e. The van der Waals surface area contributed by atoms with Crippen molar-refractivity contribution in [2.75, 3.05) is 7.11 Å². The molecule has 0 saturated heterocycles. The van der Waals surface area contributed by atoms with Crippen LogP contribution in [-0.4, -0.2) is 24.6 Å². The maximum absolute atomic E-state index is 11.9. The summed E-state index contributed by atoms with van der Waals surface area (Å²) in [7, 11) is 1.34. The van der Waals surface area contributed by atoms with Crippen molar-refractivity contribution >= 4 is 17.5 Å². The van der Waals surface area contributed by atoms with Crippen molar-refractivity contribution in [3.05, 3.63) is 0 Å². The Kier molecular flexibility index (Phi) is 4.21. The van der Waals surface area contributed by atoms with Crippen molar-refractivity contribution < 1.29 is 19.1 Å². The van der Waals surface area contributed by atoms with Crippen LogP contribution in [0.4, 0.5) is 0 Å². The molecule has 0 radical (unpaired) electrons. The quantitative estimate of drug-likeness (QED) is 0.540. The summed E-state index contributed by atoms with van der Waals surface area (Å²) in [5.41, 5.74) is -0.470. The molecule has 1 rings (SSSR count). The highest BCUT2D eigenvalue weighted by Gasteiger charge is 2.40. The van der Waals surface area contributed by atoms with Gasteiger partial charge in [0, 0.05) is 18.3 Å². The van der Waals surface area contributed by atoms with E-state index >= 15 is 0 Å². The molecule has 0 amide bonds. The van der Waals surface area contributed by atoms with Crippen molar-refractivity contribution in [2.24, 2.45) is 5.41 Å². The maximum atomic E-state index is 11.9. The van der Waals surface area contributed by atoms with Crippen LogP contribution in [0.1, 0.15) is 45.4 Å². The first-order valence-electron chi connectivity index (χ1n) is 5.66. The number of carbonyl (C=O) groups excluding carboxylic acids is 3. The summed E-state index contributed by atoms with van der Waals surface area (Å²) in [6, 6.07) is 0. The van der Waals surface area contributed by atoms with E-state index in [0.717, 1.165) is 0 Å². The van der Waals surface area contributed by atoms with E-state index in [-0.39, 0.29) is 30.4 Å². The molecule has 0 heterocycles. The fraction of sp³-hybridized carbons (Fsp3) is 0.750. The Morgan fingerprint density at radius 2 is 2.12 bits per heavy atom. The van der Waals surface area contributed by atoms with Crippen LogP contribution in [0, 0.1) is 5.41 Å². The Morgan fingerprint density at radius 3 is 2.62 bits per heavy atom. The third-order valence-corrected chi connectivity index (χ3v) is 3.54. The van der Waals surface area contributed by atoms with E-state index in [2.05, 4.69) is 4.74 Å². The van der Waals surface area contributed by atoms with E-state index in [9.17, 15) is 14.4 Å². The van der Waals surface area contributed by atoms with Gasteiger partial charge in [-0.25, -0.2) is 0 Å². The first-order valence-corrected chi connectivity index (χ1v) is 5.66. The molecular weight excluding hydrogens is 208 g/mol. The SMILES string of the molecule is CC[C@@]1(CCC(=O)OC)CCC(=O)CC1=O. The van der Waals surface area contributed by atoms with Crippen LogP contribution in [-0.2, 0) is 19.1 Å². The van der Waals surface area contributed by atoms with Gasteiger partial charge in [-0.2, -0.15) is 0 Å². The molecule has 1 aliphatic carbocycles. The van der Waals surface area contributed by atoms with Crippen molar-refractivity contribution in [2.45, 2.75) is 45.4 Å². The third kappa shape index (κ3) is 2.68. The van der Waals surface area contributed by atoms with E-state index < -0.39 is 5.41 Å². The highest BCUT2D eigenvalue weighted by atomic mass is 16.5. The van der Waals surface area contributed by atoms with Crippen LogP contribution >= 0.6 is 0 Å². The van der Waals surface area contributed by atoms with Gasteiger partial charge >= 0.3 is 5.97 Å². The summed E-state index contributed by atoms with van der Waals surface area (Å²) in [6.45, 7) is 1.94. The number of esters is 1. The molecule has 4 nitrogen and oxygen atoms in total. The monoisotopic (exact) mass is 226 g/mol. The molecule has 1 fully saturated rings. The zero-order chi connectivity index (χ0) is 12.2. The van der Waals surface area contributed by atoms with Crippen molar-refractivity contribution in [1.82, 2.24) is 0 Å².